The molecular formula is C21H19ClF5N3O4. The van der Waals surface area contributed by atoms with Gasteiger partial charge in [0.25, 0.3) is 11.8 Å². The van der Waals surface area contributed by atoms with E-state index in [0.717, 1.165) is 39.3 Å². The predicted molar refractivity (Wildman–Crippen MR) is 111 cm³/mol. The fourth-order valence-electron chi connectivity index (χ4n) is 3.93. The van der Waals surface area contributed by atoms with Crippen molar-refractivity contribution in [2.45, 2.75) is 37.6 Å². The third-order valence-electron chi connectivity index (χ3n) is 5.92. The van der Waals surface area contributed by atoms with E-state index in [1.807, 2.05) is 0 Å². The lowest BCUT2D eigenvalue weighted by atomic mass is 9.77. The Morgan fingerprint density at radius 1 is 1.26 bits per heavy atom. The molecule has 2 heterocycles. The Morgan fingerprint density at radius 3 is 2.47 bits per heavy atom. The maximum atomic E-state index is 14.5. The number of methoxy groups -OCH3 is 1. The first kappa shape index (κ1) is 25.6. The van der Waals surface area contributed by atoms with E-state index in [2.05, 4.69) is 10.3 Å². The van der Waals surface area contributed by atoms with Crippen LogP contribution in [-0.2, 0) is 9.53 Å². The molecule has 184 valence electrons. The molecule has 0 bridgehead atoms. The van der Waals surface area contributed by atoms with Crippen LogP contribution in [0.5, 0.6) is 5.75 Å². The van der Waals surface area contributed by atoms with Crippen LogP contribution in [0.4, 0.5) is 27.6 Å². The number of aromatic nitrogens is 1. The Morgan fingerprint density at radius 2 is 1.91 bits per heavy atom. The van der Waals surface area contributed by atoms with E-state index in [9.17, 15) is 31.5 Å². The van der Waals surface area contributed by atoms with Crippen molar-refractivity contribution in [2.75, 3.05) is 12.4 Å². The molecule has 2 aromatic rings. The van der Waals surface area contributed by atoms with Gasteiger partial charge in [-0.1, -0.05) is 18.5 Å². The maximum absolute atomic E-state index is 14.5. The van der Waals surface area contributed by atoms with Gasteiger partial charge in [0.15, 0.2) is 17.2 Å². The van der Waals surface area contributed by atoms with Gasteiger partial charge >= 0.3 is 6.18 Å². The fraction of sp³-hybridized carbons (Fsp3) is 0.381. The summed E-state index contributed by atoms with van der Waals surface area (Å²) >= 11 is 5.75. The molecule has 1 aliphatic heterocycles. The van der Waals surface area contributed by atoms with E-state index < -0.39 is 63.9 Å². The molecule has 1 fully saturated rings. The largest absolute Gasteiger partial charge is 0.493 e. The van der Waals surface area contributed by atoms with Crippen molar-refractivity contribution in [1.29, 1.82) is 0 Å². The van der Waals surface area contributed by atoms with Crippen LogP contribution in [0.2, 0.25) is 5.02 Å². The Kier molecular flexibility index (Phi) is 6.78. The number of carbonyl (C=O) groups is 2. The standard InChI is InChI=1S/C21H19ClF5N3O4/c1-8-13(10-7-11(22)14(23)15(24)16(10)33-3)17(34-20(8,2)21(25,26)27)19(32)30-9-4-5-29-12(6-9)18(28)31/h4-8,13,17H,1-3H3,(H2,28,31)(H,29,30,32)/t8-,13-,17-,20+/m0/s1. The van der Waals surface area contributed by atoms with Gasteiger partial charge in [0.05, 0.1) is 12.1 Å². The molecule has 2 amide bonds. The minimum Gasteiger partial charge on any atom is -0.493 e. The van der Waals surface area contributed by atoms with Gasteiger partial charge in [0.1, 0.15) is 11.8 Å². The van der Waals surface area contributed by atoms with Crippen molar-refractivity contribution in [1.82, 2.24) is 4.98 Å². The number of primary amides is 1. The molecule has 0 unspecified atom stereocenters. The first-order valence-electron chi connectivity index (χ1n) is 9.75. The highest BCUT2D eigenvalue weighted by molar-refractivity contribution is 6.30. The van der Waals surface area contributed by atoms with Crippen LogP contribution >= 0.6 is 11.6 Å². The lowest BCUT2D eigenvalue weighted by Gasteiger charge is -2.32. The molecule has 0 aliphatic carbocycles. The number of halogens is 6. The van der Waals surface area contributed by atoms with Crippen LogP contribution in [0.3, 0.4) is 0 Å². The average molecular weight is 508 g/mol. The second-order valence-electron chi connectivity index (χ2n) is 7.85. The van der Waals surface area contributed by atoms with E-state index in [1.54, 1.807) is 0 Å². The number of amides is 2. The number of nitrogens with two attached hydrogens (primary N) is 1. The Bertz CT molecular complexity index is 1150. The minimum absolute atomic E-state index is 0.000279. The molecular weight excluding hydrogens is 489 g/mol. The first-order chi connectivity index (χ1) is 15.7. The molecule has 1 aromatic heterocycles. The summed E-state index contributed by atoms with van der Waals surface area (Å²) in [6.07, 6.45) is -5.60. The summed E-state index contributed by atoms with van der Waals surface area (Å²) < 4.78 is 80.7. The number of hydrogen-bond donors (Lipinski definition) is 2. The van der Waals surface area contributed by atoms with Crippen LogP contribution in [0.15, 0.2) is 24.4 Å². The smallest absolute Gasteiger partial charge is 0.417 e. The van der Waals surface area contributed by atoms with E-state index in [1.165, 1.54) is 6.07 Å². The Hall–Kier alpha value is -2.99. The highest BCUT2D eigenvalue weighted by atomic mass is 35.5. The number of hydrogen-bond acceptors (Lipinski definition) is 5. The van der Waals surface area contributed by atoms with Crippen LogP contribution in [0, 0.1) is 17.6 Å². The monoisotopic (exact) mass is 507 g/mol. The van der Waals surface area contributed by atoms with Crippen LogP contribution in [0.1, 0.15) is 35.8 Å². The van der Waals surface area contributed by atoms with Crippen LogP contribution in [-0.4, -0.2) is 41.8 Å². The van der Waals surface area contributed by atoms with Gasteiger partial charge in [-0.05, 0) is 25.1 Å². The van der Waals surface area contributed by atoms with E-state index in [4.69, 9.17) is 26.8 Å². The minimum atomic E-state index is -4.93. The third kappa shape index (κ3) is 4.27. The number of nitrogens with one attached hydrogen (secondary N) is 1. The van der Waals surface area contributed by atoms with E-state index >= 15 is 0 Å². The van der Waals surface area contributed by atoms with Gasteiger partial charge in [0.2, 0.25) is 5.82 Å². The van der Waals surface area contributed by atoms with Gasteiger partial charge in [-0.2, -0.15) is 17.6 Å². The van der Waals surface area contributed by atoms with Crippen LogP contribution in [0.25, 0.3) is 0 Å². The summed E-state index contributed by atoms with van der Waals surface area (Å²) in [4.78, 5) is 28.1. The second-order valence-corrected chi connectivity index (χ2v) is 8.26. The molecule has 1 aliphatic rings. The van der Waals surface area contributed by atoms with E-state index in [0.29, 0.717) is 0 Å². The third-order valence-corrected chi connectivity index (χ3v) is 6.19. The summed E-state index contributed by atoms with van der Waals surface area (Å²) in [5.41, 5.74) is 1.83. The number of carbonyl (C=O) groups excluding carboxylic acids is 2. The SMILES string of the molecule is COc1c([C@H]2[C@@H](C(=O)Nc3ccnc(C(N)=O)c3)O[C@@](C)(C(F)(F)F)[C@H]2C)cc(Cl)c(F)c1F. The molecule has 3 rings (SSSR count). The van der Waals surface area contributed by atoms with Gasteiger partial charge < -0.3 is 20.5 Å². The van der Waals surface area contributed by atoms with Crippen molar-refractivity contribution in [3.05, 3.63) is 52.3 Å². The summed E-state index contributed by atoms with van der Waals surface area (Å²) in [6, 6.07) is 3.30. The summed E-state index contributed by atoms with van der Waals surface area (Å²) in [6.45, 7) is 1.92. The zero-order chi connectivity index (χ0) is 25.6. The number of nitrogens with zero attached hydrogens (tertiary/aromatic N) is 1. The molecule has 13 heteroatoms. The number of rotatable bonds is 5. The number of pyridine rings is 1. The topological polar surface area (TPSA) is 104 Å². The van der Waals surface area contributed by atoms with Gasteiger partial charge in [-0.15, -0.1) is 0 Å². The molecule has 0 saturated carbocycles. The normalized spacial score (nSPS) is 24.7. The lowest BCUT2D eigenvalue weighted by molar-refractivity contribution is -0.272. The van der Waals surface area contributed by atoms with Crippen molar-refractivity contribution >= 4 is 29.1 Å². The zero-order valence-corrected chi connectivity index (χ0v) is 18.7. The molecule has 0 spiro atoms. The maximum Gasteiger partial charge on any atom is 0.417 e. The molecule has 34 heavy (non-hydrogen) atoms. The number of benzene rings is 1. The molecule has 3 N–H and O–H groups in total. The number of anilines is 1. The zero-order valence-electron chi connectivity index (χ0n) is 18.0. The van der Waals surface area contributed by atoms with Gasteiger partial charge in [0, 0.05) is 29.3 Å². The molecule has 1 aromatic carbocycles. The van der Waals surface area contributed by atoms with Crippen molar-refractivity contribution in [2.24, 2.45) is 11.7 Å². The van der Waals surface area contributed by atoms with Crippen molar-refractivity contribution in [3.8, 4) is 5.75 Å². The van der Waals surface area contributed by atoms with Crippen LogP contribution < -0.4 is 15.8 Å². The van der Waals surface area contributed by atoms with Gasteiger partial charge in [-0.25, -0.2) is 4.39 Å². The lowest BCUT2D eigenvalue weighted by Crippen LogP contribution is -2.47. The number of alkyl halides is 3. The number of ether oxygens (including phenoxy) is 2. The molecule has 1 saturated heterocycles. The molecule has 0 radical (unpaired) electrons. The average Bonchev–Trinajstić information content (AvgIpc) is 3.04. The molecule has 4 atom stereocenters. The van der Waals surface area contributed by atoms with Gasteiger partial charge in [-0.3, -0.25) is 14.6 Å². The highest BCUT2D eigenvalue weighted by Crippen LogP contribution is 2.55. The quantitative estimate of drug-likeness (QED) is 0.466. The van der Waals surface area contributed by atoms with Crippen molar-refractivity contribution < 1.29 is 41.0 Å². The highest BCUT2D eigenvalue weighted by Gasteiger charge is 2.66. The summed E-state index contributed by atoms with van der Waals surface area (Å²) in [5.74, 6) is -8.53. The predicted octanol–water partition coefficient (Wildman–Crippen LogP) is 4.20. The van der Waals surface area contributed by atoms with Crippen molar-refractivity contribution in [3.63, 3.8) is 0 Å². The summed E-state index contributed by atoms with van der Waals surface area (Å²) in [7, 11) is 0.996. The second kappa shape index (κ2) is 8.99. The Labute approximate surface area is 195 Å². The fourth-order valence-corrected chi connectivity index (χ4v) is 4.13. The molecule has 7 nitrogen and oxygen atoms in total. The van der Waals surface area contributed by atoms with E-state index in [-0.39, 0.29) is 16.9 Å². The summed E-state index contributed by atoms with van der Waals surface area (Å²) in [5, 5.41) is 1.64. The first-order valence-corrected chi connectivity index (χ1v) is 10.1. The Balaban J connectivity index is 2.12.